The third-order valence-corrected chi connectivity index (χ3v) is 2.80. The van der Waals surface area contributed by atoms with Crippen LogP contribution in [0.15, 0.2) is 66.7 Å². The summed E-state index contributed by atoms with van der Waals surface area (Å²) in [5.41, 5.74) is 5.49. The zero-order valence-corrected chi connectivity index (χ0v) is 12.6. The summed E-state index contributed by atoms with van der Waals surface area (Å²) in [6, 6.07) is 14.5. The average molecular weight is 312 g/mol. The van der Waals surface area contributed by atoms with Crippen LogP contribution in [0.1, 0.15) is 22.8 Å². The number of rotatable bonds is 4. The lowest BCUT2D eigenvalue weighted by molar-refractivity contribution is -0.385. The molecule has 1 amide bonds. The van der Waals surface area contributed by atoms with Gasteiger partial charge in [0.15, 0.2) is 5.78 Å². The Morgan fingerprint density at radius 3 is 2.00 bits per heavy atom. The van der Waals surface area contributed by atoms with E-state index in [9.17, 15) is 19.7 Å². The summed E-state index contributed by atoms with van der Waals surface area (Å²) in [4.78, 5) is 32.2. The monoisotopic (exact) mass is 312 g/mol. The molecule has 2 rings (SSSR count). The highest BCUT2D eigenvalue weighted by Crippen LogP contribution is 2.20. The molecule has 0 bridgehead atoms. The highest BCUT2D eigenvalue weighted by molar-refractivity contribution is 6.11. The number of para-hydroxylation sites is 1. The van der Waals surface area contributed by atoms with Gasteiger partial charge in [0.2, 0.25) is 5.91 Å². The molecule has 118 valence electrons. The zero-order chi connectivity index (χ0) is 17.4. The van der Waals surface area contributed by atoms with Crippen LogP contribution in [0.25, 0.3) is 0 Å². The van der Waals surface area contributed by atoms with Gasteiger partial charge in [-0.25, -0.2) is 0 Å². The Kier molecular flexibility index (Phi) is 6.36. The minimum Gasteiger partial charge on any atom is -0.366 e. The minimum absolute atomic E-state index is 0.115. The number of hydrogen-bond acceptors (Lipinski definition) is 4. The van der Waals surface area contributed by atoms with Crippen LogP contribution in [0.2, 0.25) is 0 Å². The molecule has 0 aliphatic carbocycles. The maximum Gasteiger partial charge on any atom is 0.280 e. The Morgan fingerprint density at radius 1 is 1.04 bits per heavy atom. The van der Waals surface area contributed by atoms with Gasteiger partial charge in [0, 0.05) is 17.2 Å². The van der Waals surface area contributed by atoms with Crippen LogP contribution in [-0.2, 0) is 4.79 Å². The van der Waals surface area contributed by atoms with Crippen LogP contribution in [0.4, 0.5) is 5.69 Å². The maximum absolute atomic E-state index is 12.1. The van der Waals surface area contributed by atoms with Crippen molar-refractivity contribution in [2.75, 3.05) is 0 Å². The smallest absolute Gasteiger partial charge is 0.280 e. The van der Waals surface area contributed by atoms with Crippen molar-refractivity contribution in [2.24, 2.45) is 5.73 Å². The Labute approximate surface area is 133 Å². The number of nitro benzene ring substituents is 1. The van der Waals surface area contributed by atoms with E-state index in [1.807, 2.05) is 0 Å². The third-order valence-electron chi connectivity index (χ3n) is 2.80. The van der Waals surface area contributed by atoms with Gasteiger partial charge in [-0.3, -0.25) is 19.7 Å². The first-order chi connectivity index (χ1) is 10.8. The van der Waals surface area contributed by atoms with Gasteiger partial charge in [-0.05, 0) is 13.0 Å². The van der Waals surface area contributed by atoms with Crippen molar-refractivity contribution in [1.82, 2.24) is 0 Å². The van der Waals surface area contributed by atoms with Crippen LogP contribution >= 0.6 is 0 Å². The van der Waals surface area contributed by atoms with E-state index in [1.165, 1.54) is 12.1 Å². The summed E-state index contributed by atoms with van der Waals surface area (Å²) in [6.45, 7) is 4.85. The lowest BCUT2D eigenvalue weighted by atomic mass is 10.0. The normalized spacial score (nSPS) is 9.26. The fourth-order valence-corrected chi connectivity index (χ4v) is 1.57. The van der Waals surface area contributed by atoms with E-state index >= 15 is 0 Å². The standard InChI is InChI=1S/C13H9NO3.C4H7NO/c15-13(10-6-2-1-3-7-10)11-8-4-5-9-12(11)14(16)17;1-3(2)4(5)6/h1-9H;1H2,2H3,(H2,5,6). The van der Waals surface area contributed by atoms with E-state index in [-0.39, 0.29) is 17.0 Å². The summed E-state index contributed by atoms with van der Waals surface area (Å²) >= 11 is 0. The van der Waals surface area contributed by atoms with Crippen LogP contribution < -0.4 is 5.73 Å². The second-order valence-electron chi connectivity index (χ2n) is 4.61. The van der Waals surface area contributed by atoms with Crippen LogP contribution in [0.3, 0.4) is 0 Å². The van der Waals surface area contributed by atoms with E-state index in [0.29, 0.717) is 11.1 Å². The molecule has 0 unspecified atom stereocenters. The molecule has 2 aromatic rings. The summed E-state index contributed by atoms with van der Waals surface area (Å²) < 4.78 is 0. The van der Waals surface area contributed by atoms with Gasteiger partial charge in [-0.15, -0.1) is 0 Å². The number of carbonyl (C=O) groups is 2. The Morgan fingerprint density at radius 2 is 1.52 bits per heavy atom. The molecule has 0 spiro atoms. The van der Waals surface area contributed by atoms with E-state index in [2.05, 4.69) is 6.58 Å². The zero-order valence-electron chi connectivity index (χ0n) is 12.6. The SMILES string of the molecule is C=C(C)C(N)=O.O=C(c1ccccc1)c1ccccc1[N+](=O)[O-]. The third kappa shape index (κ3) is 5.20. The average Bonchev–Trinajstić information content (AvgIpc) is 2.55. The Bertz CT molecular complexity index is 727. The molecule has 0 atom stereocenters. The van der Waals surface area contributed by atoms with Gasteiger partial charge in [-0.2, -0.15) is 0 Å². The molecule has 0 aliphatic heterocycles. The number of ketones is 1. The van der Waals surface area contributed by atoms with Gasteiger partial charge >= 0.3 is 0 Å². The highest BCUT2D eigenvalue weighted by atomic mass is 16.6. The summed E-state index contributed by atoms with van der Waals surface area (Å²) in [7, 11) is 0. The quantitative estimate of drug-likeness (QED) is 0.405. The van der Waals surface area contributed by atoms with Crippen LogP contribution in [-0.4, -0.2) is 16.6 Å². The molecule has 2 aromatic carbocycles. The first kappa shape index (κ1) is 17.8. The molecular weight excluding hydrogens is 296 g/mol. The van der Waals surface area contributed by atoms with Gasteiger partial charge < -0.3 is 5.73 Å². The number of nitro groups is 1. The van der Waals surface area contributed by atoms with E-state index < -0.39 is 10.8 Å². The fraction of sp³-hybridized carbons (Fsp3) is 0.0588. The molecule has 6 heteroatoms. The fourth-order valence-electron chi connectivity index (χ4n) is 1.57. The predicted octanol–water partition coefficient (Wildman–Crippen LogP) is 2.87. The van der Waals surface area contributed by atoms with Crippen LogP contribution in [0, 0.1) is 10.1 Å². The second kappa shape index (κ2) is 8.23. The van der Waals surface area contributed by atoms with Crippen LogP contribution in [0.5, 0.6) is 0 Å². The predicted molar refractivity (Wildman–Crippen MR) is 87.0 cm³/mol. The van der Waals surface area contributed by atoms with Crippen molar-refractivity contribution in [1.29, 1.82) is 0 Å². The van der Waals surface area contributed by atoms with E-state index in [4.69, 9.17) is 5.73 Å². The molecule has 0 saturated carbocycles. The molecule has 2 N–H and O–H groups in total. The topological polar surface area (TPSA) is 103 Å². The number of nitrogens with two attached hydrogens (primary N) is 1. The number of hydrogen-bond donors (Lipinski definition) is 1. The molecule has 0 radical (unpaired) electrons. The lowest BCUT2D eigenvalue weighted by Crippen LogP contribution is -2.10. The van der Waals surface area contributed by atoms with Crippen molar-refractivity contribution < 1.29 is 14.5 Å². The number of amides is 1. The van der Waals surface area contributed by atoms with Gasteiger partial charge in [0.05, 0.1) is 4.92 Å². The van der Waals surface area contributed by atoms with E-state index in [0.717, 1.165) is 0 Å². The number of carbonyl (C=O) groups excluding carboxylic acids is 2. The molecule has 0 heterocycles. The largest absolute Gasteiger partial charge is 0.366 e. The number of nitrogens with zero attached hydrogens (tertiary/aromatic N) is 1. The van der Waals surface area contributed by atoms with E-state index in [1.54, 1.807) is 49.4 Å². The molecule has 23 heavy (non-hydrogen) atoms. The molecule has 0 aliphatic rings. The molecule has 0 aromatic heterocycles. The number of primary amides is 1. The second-order valence-corrected chi connectivity index (χ2v) is 4.61. The Balaban J connectivity index is 0.000000379. The maximum atomic E-state index is 12.1. The first-order valence-corrected chi connectivity index (χ1v) is 6.63. The lowest BCUT2D eigenvalue weighted by Gasteiger charge is -2.01. The highest BCUT2D eigenvalue weighted by Gasteiger charge is 2.19. The van der Waals surface area contributed by atoms with Gasteiger partial charge in [0.1, 0.15) is 5.56 Å². The first-order valence-electron chi connectivity index (χ1n) is 6.63. The molecule has 6 nitrogen and oxygen atoms in total. The van der Waals surface area contributed by atoms with Crippen molar-refractivity contribution in [3.05, 3.63) is 88.0 Å². The molecular formula is C17H16N2O4. The summed E-state index contributed by atoms with van der Waals surface area (Å²) in [5.74, 6) is -0.770. The Hall–Kier alpha value is -3.28. The van der Waals surface area contributed by atoms with Crippen molar-refractivity contribution >= 4 is 17.4 Å². The number of benzene rings is 2. The van der Waals surface area contributed by atoms with Crippen molar-refractivity contribution in [2.45, 2.75) is 6.92 Å². The molecule has 0 saturated heterocycles. The summed E-state index contributed by atoms with van der Waals surface area (Å²) in [6.07, 6.45) is 0. The minimum atomic E-state index is -0.545. The van der Waals surface area contributed by atoms with Gasteiger partial charge in [-0.1, -0.05) is 49.0 Å². The molecule has 0 fully saturated rings. The van der Waals surface area contributed by atoms with Gasteiger partial charge in [0.25, 0.3) is 5.69 Å². The summed E-state index contributed by atoms with van der Waals surface area (Å²) in [5, 5.41) is 10.8. The van der Waals surface area contributed by atoms with Crippen molar-refractivity contribution in [3.8, 4) is 0 Å². The van der Waals surface area contributed by atoms with Crippen molar-refractivity contribution in [3.63, 3.8) is 0 Å².